The highest BCUT2D eigenvalue weighted by molar-refractivity contribution is 5.96. The Morgan fingerprint density at radius 1 is 0.743 bits per heavy atom. The van der Waals surface area contributed by atoms with Gasteiger partial charge in [-0.2, -0.15) is 0 Å². The lowest BCUT2D eigenvalue weighted by molar-refractivity contribution is 0.334. The van der Waals surface area contributed by atoms with Crippen molar-refractivity contribution in [3.05, 3.63) is 84.4 Å². The lowest BCUT2D eigenvalue weighted by Crippen LogP contribution is -2.20. The van der Waals surface area contributed by atoms with E-state index in [4.69, 9.17) is 14.2 Å². The molecule has 1 heterocycles. The number of fused-ring (bicyclic) bond motifs is 1. The number of hydrogen-bond acceptors (Lipinski definition) is 4. The second kappa shape index (κ2) is 10.8. The van der Waals surface area contributed by atoms with Crippen LogP contribution in [0.3, 0.4) is 0 Å². The molecule has 0 aliphatic carbocycles. The van der Waals surface area contributed by atoms with Gasteiger partial charge in [-0.1, -0.05) is 30.3 Å². The summed E-state index contributed by atoms with van der Waals surface area (Å²) in [6.45, 7) is 3.72. The van der Waals surface area contributed by atoms with Crippen LogP contribution in [-0.2, 0) is 6.42 Å². The van der Waals surface area contributed by atoms with E-state index in [-0.39, 0.29) is 0 Å². The van der Waals surface area contributed by atoms with Crippen molar-refractivity contribution in [2.24, 2.45) is 0 Å². The number of ether oxygens (including phenoxy) is 3. The number of benzene rings is 4. The summed E-state index contributed by atoms with van der Waals surface area (Å²) in [7, 11) is 3.38. The van der Waals surface area contributed by atoms with Crippen LogP contribution in [0, 0.1) is 0 Å². The molecule has 5 rings (SSSR count). The maximum absolute atomic E-state index is 6.58. The van der Waals surface area contributed by atoms with Crippen LogP contribution in [0.15, 0.2) is 78.9 Å². The Balaban J connectivity index is 1.42. The van der Waals surface area contributed by atoms with E-state index in [9.17, 15) is 0 Å². The largest absolute Gasteiger partial charge is 0.497 e. The highest BCUT2D eigenvalue weighted by Gasteiger charge is 2.14. The molecule has 1 aliphatic rings. The van der Waals surface area contributed by atoms with Gasteiger partial charge in [0.25, 0.3) is 0 Å². The molecule has 0 spiro atoms. The van der Waals surface area contributed by atoms with E-state index in [0.717, 1.165) is 51.3 Å². The van der Waals surface area contributed by atoms with Gasteiger partial charge in [0.2, 0.25) is 0 Å². The fourth-order valence-electron chi connectivity index (χ4n) is 4.89. The summed E-state index contributed by atoms with van der Waals surface area (Å²) in [5, 5.41) is 2.12. The van der Waals surface area contributed by atoms with Crippen LogP contribution in [0.4, 0.5) is 0 Å². The van der Waals surface area contributed by atoms with Crippen LogP contribution >= 0.6 is 0 Å². The molecule has 4 aromatic rings. The van der Waals surface area contributed by atoms with Gasteiger partial charge in [0, 0.05) is 10.9 Å². The second-order valence-electron chi connectivity index (χ2n) is 9.16. The van der Waals surface area contributed by atoms with Crippen LogP contribution in [0.2, 0.25) is 0 Å². The third-order valence-electron chi connectivity index (χ3n) is 6.84. The summed E-state index contributed by atoms with van der Waals surface area (Å²) in [6, 6.07) is 27.0. The summed E-state index contributed by atoms with van der Waals surface area (Å²) in [4.78, 5) is 2.58. The molecule has 0 unspecified atom stereocenters. The Kier molecular flexibility index (Phi) is 7.20. The standard InChI is InChI=1S/C31H33NO3/c1-33-27-9-5-8-24(21-27)29-16-12-25-22-28(34-2)15-17-30(25)31(29)35-26-13-10-23(11-14-26)7-6-20-32-18-3-4-19-32/h5,8-17,21-22H,3-4,6-7,18-20H2,1-2H3. The zero-order chi connectivity index (χ0) is 24.0. The van der Waals surface area contributed by atoms with E-state index in [0.29, 0.717) is 0 Å². The third kappa shape index (κ3) is 5.44. The maximum atomic E-state index is 6.58. The molecule has 0 N–H and O–H groups in total. The average Bonchev–Trinajstić information content (AvgIpc) is 3.43. The van der Waals surface area contributed by atoms with Gasteiger partial charge in [-0.15, -0.1) is 0 Å². The number of nitrogens with zero attached hydrogens (tertiary/aromatic N) is 1. The van der Waals surface area contributed by atoms with Gasteiger partial charge >= 0.3 is 0 Å². The number of rotatable bonds is 9. The molecule has 180 valence electrons. The summed E-state index contributed by atoms with van der Waals surface area (Å²) in [6.07, 6.45) is 5.00. The molecule has 4 aromatic carbocycles. The Hall–Kier alpha value is -3.50. The van der Waals surface area contributed by atoms with Crippen molar-refractivity contribution in [2.45, 2.75) is 25.7 Å². The van der Waals surface area contributed by atoms with Gasteiger partial charge in [0.1, 0.15) is 23.0 Å². The molecule has 1 aliphatic heterocycles. The molecule has 1 fully saturated rings. The molecule has 4 nitrogen and oxygen atoms in total. The highest BCUT2D eigenvalue weighted by Crippen LogP contribution is 2.41. The SMILES string of the molecule is COc1cccc(-c2ccc3cc(OC)ccc3c2Oc2ccc(CCCN3CCCC3)cc2)c1. The lowest BCUT2D eigenvalue weighted by atomic mass is 9.99. The molecule has 35 heavy (non-hydrogen) atoms. The third-order valence-corrected chi connectivity index (χ3v) is 6.84. The molecule has 0 amide bonds. The van der Waals surface area contributed by atoms with Gasteiger partial charge < -0.3 is 19.1 Å². The van der Waals surface area contributed by atoms with Gasteiger partial charge in [0.05, 0.1) is 14.2 Å². The fourth-order valence-corrected chi connectivity index (χ4v) is 4.89. The van der Waals surface area contributed by atoms with E-state index < -0.39 is 0 Å². The highest BCUT2D eigenvalue weighted by atomic mass is 16.5. The van der Waals surface area contributed by atoms with E-state index in [1.807, 2.05) is 30.3 Å². The molecule has 1 saturated heterocycles. The minimum Gasteiger partial charge on any atom is -0.497 e. The van der Waals surface area contributed by atoms with Crippen LogP contribution in [0.5, 0.6) is 23.0 Å². The average molecular weight is 468 g/mol. The molecule has 0 aromatic heterocycles. The smallest absolute Gasteiger partial charge is 0.143 e. The Morgan fingerprint density at radius 3 is 2.26 bits per heavy atom. The van der Waals surface area contributed by atoms with Crippen molar-refractivity contribution in [2.75, 3.05) is 33.9 Å². The van der Waals surface area contributed by atoms with Crippen LogP contribution in [0.1, 0.15) is 24.8 Å². The number of hydrogen-bond donors (Lipinski definition) is 0. The molecule has 0 atom stereocenters. The Labute approximate surface area is 208 Å². The van der Waals surface area contributed by atoms with Gasteiger partial charge in [0.15, 0.2) is 0 Å². The predicted molar refractivity (Wildman–Crippen MR) is 143 cm³/mol. The summed E-state index contributed by atoms with van der Waals surface area (Å²) in [5.41, 5.74) is 3.43. The Bertz CT molecular complexity index is 1280. The van der Waals surface area contributed by atoms with Gasteiger partial charge in [-0.25, -0.2) is 0 Å². The fraction of sp³-hybridized carbons (Fsp3) is 0.290. The van der Waals surface area contributed by atoms with Crippen molar-refractivity contribution in [1.82, 2.24) is 4.90 Å². The molecule has 4 heteroatoms. The first kappa shape index (κ1) is 23.3. The first-order chi connectivity index (χ1) is 17.2. The summed E-state index contributed by atoms with van der Waals surface area (Å²) >= 11 is 0. The predicted octanol–water partition coefficient (Wildman–Crippen LogP) is 7.34. The zero-order valence-corrected chi connectivity index (χ0v) is 20.6. The van der Waals surface area contributed by atoms with E-state index >= 15 is 0 Å². The zero-order valence-electron chi connectivity index (χ0n) is 20.6. The van der Waals surface area contributed by atoms with Crippen LogP contribution in [0.25, 0.3) is 21.9 Å². The number of methoxy groups -OCH3 is 2. The number of likely N-dealkylation sites (tertiary alicyclic amines) is 1. The summed E-state index contributed by atoms with van der Waals surface area (Å²) < 4.78 is 17.5. The first-order valence-corrected chi connectivity index (χ1v) is 12.5. The van der Waals surface area contributed by atoms with Crippen molar-refractivity contribution in [1.29, 1.82) is 0 Å². The second-order valence-corrected chi connectivity index (χ2v) is 9.16. The van der Waals surface area contributed by atoms with Crippen molar-refractivity contribution in [3.63, 3.8) is 0 Å². The van der Waals surface area contributed by atoms with Gasteiger partial charge in [-0.05, 0) is 110 Å². The first-order valence-electron chi connectivity index (χ1n) is 12.5. The minimum absolute atomic E-state index is 0.821. The molecular weight excluding hydrogens is 434 g/mol. The summed E-state index contributed by atoms with van der Waals surface area (Å²) in [5.74, 6) is 3.32. The molecule has 0 bridgehead atoms. The molecule has 0 saturated carbocycles. The van der Waals surface area contributed by atoms with E-state index in [1.54, 1.807) is 14.2 Å². The van der Waals surface area contributed by atoms with Crippen molar-refractivity contribution in [3.8, 4) is 34.1 Å². The van der Waals surface area contributed by atoms with Gasteiger partial charge in [-0.3, -0.25) is 0 Å². The van der Waals surface area contributed by atoms with Crippen LogP contribution in [-0.4, -0.2) is 38.8 Å². The van der Waals surface area contributed by atoms with Crippen LogP contribution < -0.4 is 14.2 Å². The molecule has 0 radical (unpaired) electrons. The van der Waals surface area contributed by atoms with Crippen molar-refractivity contribution >= 4 is 10.8 Å². The van der Waals surface area contributed by atoms with E-state index in [1.165, 1.54) is 44.5 Å². The minimum atomic E-state index is 0.821. The maximum Gasteiger partial charge on any atom is 0.143 e. The molecular formula is C31H33NO3. The normalized spacial score (nSPS) is 13.8. The topological polar surface area (TPSA) is 30.9 Å². The number of aryl methyl sites for hydroxylation is 1. The van der Waals surface area contributed by atoms with Crippen molar-refractivity contribution < 1.29 is 14.2 Å². The quantitative estimate of drug-likeness (QED) is 0.258. The lowest BCUT2D eigenvalue weighted by Gasteiger charge is -2.16. The van der Waals surface area contributed by atoms with E-state index in [2.05, 4.69) is 53.4 Å². The Morgan fingerprint density at radius 2 is 1.49 bits per heavy atom. The monoisotopic (exact) mass is 467 g/mol.